The summed E-state index contributed by atoms with van der Waals surface area (Å²) in [6, 6.07) is 7.68. The Morgan fingerprint density at radius 3 is 2.59 bits per heavy atom. The number of anilines is 1. The third kappa shape index (κ3) is 4.16. The van der Waals surface area contributed by atoms with Crippen LogP contribution in [0, 0.1) is 5.82 Å². The zero-order valence-electron chi connectivity index (χ0n) is 18.3. The van der Waals surface area contributed by atoms with Gasteiger partial charge in [0.1, 0.15) is 17.0 Å². The second-order valence-corrected chi connectivity index (χ2v) is 8.60. The quantitative estimate of drug-likeness (QED) is 0.518. The number of hydrogen-bond acceptors (Lipinski definition) is 5. The highest BCUT2D eigenvalue weighted by Gasteiger charge is 2.21. The summed E-state index contributed by atoms with van der Waals surface area (Å²) in [4.78, 5) is 29.5. The Balaban J connectivity index is 1.55. The van der Waals surface area contributed by atoms with Gasteiger partial charge < -0.3 is 5.32 Å². The molecule has 0 bridgehead atoms. The van der Waals surface area contributed by atoms with Crippen LogP contribution in [0.5, 0.6) is 0 Å². The van der Waals surface area contributed by atoms with E-state index >= 15 is 0 Å². The van der Waals surface area contributed by atoms with Crippen molar-refractivity contribution in [1.29, 1.82) is 0 Å². The molecule has 0 aliphatic carbocycles. The van der Waals surface area contributed by atoms with Crippen LogP contribution < -0.4 is 10.9 Å². The number of benzene rings is 1. The van der Waals surface area contributed by atoms with Crippen molar-refractivity contribution < 1.29 is 9.18 Å². The third-order valence-electron chi connectivity index (χ3n) is 5.11. The molecule has 0 saturated carbocycles. The fraction of sp³-hybridized carbons (Fsp3) is 0.318. The van der Waals surface area contributed by atoms with E-state index in [1.807, 2.05) is 20.8 Å². The number of aryl methyl sites for hydroxylation is 2. The standard InChI is InChI=1S/C22H24FN7O2/c1-22(2,3)17-11-18(30(27-17)15-7-5-14(23)6-8-15)26-19(31)9-10-29-13-24-20-16(21(29)32)12-25-28(20)4/h5-8,11-13H,9-10H2,1-4H3,(H,26,31). The van der Waals surface area contributed by atoms with Gasteiger partial charge in [-0.05, 0) is 24.3 Å². The van der Waals surface area contributed by atoms with Gasteiger partial charge in [0, 0.05) is 31.5 Å². The van der Waals surface area contributed by atoms with Gasteiger partial charge in [0.15, 0.2) is 5.65 Å². The number of fused-ring (bicyclic) bond motifs is 1. The highest BCUT2D eigenvalue weighted by atomic mass is 19.1. The number of rotatable bonds is 5. The van der Waals surface area contributed by atoms with E-state index in [1.165, 1.54) is 33.9 Å². The van der Waals surface area contributed by atoms with Crippen molar-refractivity contribution in [3.05, 3.63) is 64.7 Å². The summed E-state index contributed by atoms with van der Waals surface area (Å²) in [6.45, 7) is 6.22. The average molecular weight is 437 g/mol. The lowest BCUT2D eigenvalue weighted by molar-refractivity contribution is -0.116. The minimum Gasteiger partial charge on any atom is -0.311 e. The summed E-state index contributed by atoms with van der Waals surface area (Å²) in [6.07, 6.45) is 2.95. The van der Waals surface area contributed by atoms with E-state index < -0.39 is 0 Å². The van der Waals surface area contributed by atoms with Gasteiger partial charge in [0.25, 0.3) is 5.56 Å². The van der Waals surface area contributed by atoms with Gasteiger partial charge in [-0.25, -0.2) is 14.1 Å². The molecule has 0 radical (unpaired) electrons. The molecule has 0 aliphatic heterocycles. The molecule has 4 rings (SSSR count). The van der Waals surface area contributed by atoms with E-state index in [-0.39, 0.29) is 35.7 Å². The normalized spacial score (nSPS) is 11.8. The highest BCUT2D eigenvalue weighted by Crippen LogP contribution is 2.26. The second kappa shape index (κ2) is 8.03. The number of nitrogens with zero attached hydrogens (tertiary/aromatic N) is 6. The van der Waals surface area contributed by atoms with Crippen molar-refractivity contribution in [3.63, 3.8) is 0 Å². The van der Waals surface area contributed by atoms with Gasteiger partial charge >= 0.3 is 0 Å². The average Bonchev–Trinajstić information content (AvgIpc) is 3.32. The first-order valence-electron chi connectivity index (χ1n) is 10.2. The molecule has 0 aliphatic rings. The zero-order chi connectivity index (χ0) is 23.0. The Hall–Kier alpha value is -3.82. The zero-order valence-corrected chi connectivity index (χ0v) is 18.3. The molecule has 9 nitrogen and oxygen atoms in total. The molecule has 0 fully saturated rings. The summed E-state index contributed by atoms with van der Waals surface area (Å²) in [5, 5.41) is 11.9. The monoisotopic (exact) mass is 437 g/mol. The summed E-state index contributed by atoms with van der Waals surface area (Å²) in [5.41, 5.74) is 1.40. The molecule has 1 aromatic carbocycles. The molecule has 32 heavy (non-hydrogen) atoms. The molecule has 0 spiro atoms. The maximum Gasteiger partial charge on any atom is 0.264 e. The van der Waals surface area contributed by atoms with Crippen LogP contribution in [0.15, 0.2) is 47.7 Å². The first kappa shape index (κ1) is 21.4. The molecule has 4 aromatic rings. The fourth-order valence-electron chi connectivity index (χ4n) is 3.27. The smallest absolute Gasteiger partial charge is 0.264 e. The Labute approximate surface area is 183 Å². The lowest BCUT2D eigenvalue weighted by Crippen LogP contribution is -2.24. The minimum absolute atomic E-state index is 0.0623. The van der Waals surface area contributed by atoms with Crippen molar-refractivity contribution in [3.8, 4) is 5.69 Å². The number of nitrogens with one attached hydrogen (secondary N) is 1. The van der Waals surface area contributed by atoms with Crippen molar-refractivity contribution in [2.24, 2.45) is 7.05 Å². The minimum atomic E-state index is -0.354. The molecule has 0 atom stereocenters. The second-order valence-electron chi connectivity index (χ2n) is 8.60. The topological polar surface area (TPSA) is 99.6 Å². The summed E-state index contributed by atoms with van der Waals surface area (Å²) >= 11 is 0. The number of hydrogen-bond donors (Lipinski definition) is 1. The van der Waals surface area contributed by atoms with Crippen molar-refractivity contribution in [1.82, 2.24) is 29.1 Å². The summed E-state index contributed by atoms with van der Waals surface area (Å²) in [7, 11) is 1.71. The first-order valence-corrected chi connectivity index (χ1v) is 10.2. The summed E-state index contributed by atoms with van der Waals surface area (Å²) < 4.78 is 17.9. The van der Waals surface area contributed by atoms with Crippen molar-refractivity contribution in [2.75, 3.05) is 5.32 Å². The van der Waals surface area contributed by atoms with E-state index in [0.29, 0.717) is 22.5 Å². The molecular weight excluding hydrogens is 413 g/mol. The van der Waals surface area contributed by atoms with Gasteiger partial charge in [-0.15, -0.1) is 0 Å². The largest absolute Gasteiger partial charge is 0.311 e. The molecular formula is C22H24FN7O2. The SMILES string of the molecule is Cn1ncc2c(=O)n(CCC(=O)Nc3cc(C(C)(C)C)nn3-c3ccc(F)cc3)cnc21. The Kier molecular flexibility index (Phi) is 5.37. The lowest BCUT2D eigenvalue weighted by Gasteiger charge is -2.14. The fourth-order valence-corrected chi connectivity index (χ4v) is 3.27. The van der Waals surface area contributed by atoms with E-state index in [1.54, 1.807) is 29.9 Å². The predicted molar refractivity (Wildman–Crippen MR) is 118 cm³/mol. The van der Waals surface area contributed by atoms with Crippen molar-refractivity contribution >= 4 is 22.8 Å². The first-order chi connectivity index (χ1) is 15.1. The van der Waals surface area contributed by atoms with Crippen LogP contribution in [0.4, 0.5) is 10.2 Å². The van der Waals surface area contributed by atoms with Crippen LogP contribution in [0.2, 0.25) is 0 Å². The van der Waals surface area contributed by atoms with E-state index in [0.717, 1.165) is 5.69 Å². The predicted octanol–water partition coefficient (Wildman–Crippen LogP) is 2.78. The molecule has 0 unspecified atom stereocenters. The number of carbonyl (C=O) groups is 1. The Morgan fingerprint density at radius 2 is 1.91 bits per heavy atom. The number of halogens is 1. The molecule has 1 amide bonds. The van der Waals surface area contributed by atoms with Crippen LogP contribution in [0.3, 0.4) is 0 Å². The van der Waals surface area contributed by atoms with Gasteiger partial charge in [-0.1, -0.05) is 20.8 Å². The van der Waals surface area contributed by atoms with Gasteiger partial charge in [0.05, 0.1) is 23.9 Å². The third-order valence-corrected chi connectivity index (χ3v) is 5.11. The van der Waals surface area contributed by atoms with Crippen LogP contribution >= 0.6 is 0 Å². The Morgan fingerprint density at radius 1 is 1.19 bits per heavy atom. The van der Waals surface area contributed by atoms with Gasteiger partial charge in [0.2, 0.25) is 5.91 Å². The number of carbonyl (C=O) groups excluding carboxylic acids is 1. The molecule has 10 heteroatoms. The van der Waals surface area contributed by atoms with Crippen LogP contribution in [0.1, 0.15) is 32.9 Å². The van der Waals surface area contributed by atoms with E-state index in [4.69, 9.17) is 0 Å². The van der Waals surface area contributed by atoms with Gasteiger partial charge in [-0.3, -0.25) is 18.8 Å². The lowest BCUT2D eigenvalue weighted by atomic mass is 9.92. The van der Waals surface area contributed by atoms with Crippen LogP contribution in [0.25, 0.3) is 16.7 Å². The van der Waals surface area contributed by atoms with Gasteiger partial charge in [-0.2, -0.15) is 10.2 Å². The Bertz CT molecular complexity index is 1340. The molecule has 3 heterocycles. The highest BCUT2D eigenvalue weighted by molar-refractivity contribution is 5.90. The van der Waals surface area contributed by atoms with E-state index in [9.17, 15) is 14.0 Å². The molecule has 3 aromatic heterocycles. The number of amides is 1. The van der Waals surface area contributed by atoms with Crippen LogP contribution in [-0.4, -0.2) is 35.0 Å². The summed E-state index contributed by atoms with van der Waals surface area (Å²) in [5.74, 6) is -0.168. The molecule has 166 valence electrons. The maximum atomic E-state index is 13.4. The van der Waals surface area contributed by atoms with Crippen molar-refractivity contribution in [2.45, 2.75) is 39.2 Å². The molecule has 1 N–H and O–H groups in total. The number of aromatic nitrogens is 6. The van der Waals surface area contributed by atoms with E-state index in [2.05, 4.69) is 20.5 Å². The molecule has 0 saturated heterocycles. The maximum absolute atomic E-state index is 13.4. The van der Waals surface area contributed by atoms with Crippen LogP contribution in [-0.2, 0) is 23.8 Å².